The zero-order chi connectivity index (χ0) is 20.4. The summed E-state index contributed by atoms with van der Waals surface area (Å²) in [6.45, 7) is 0.713. The molecule has 2 aromatic carbocycles. The second-order valence-electron chi connectivity index (χ2n) is 6.81. The summed E-state index contributed by atoms with van der Waals surface area (Å²) < 4.78 is 1.67. The maximum Gasteiger partial charge on any atom is 0.230 e. The molecule has 0 aliphatic carbocycles. The normalized spacial score (nSPS) is 16.3. The van der Waals surface area contributed by atoms with Crippen LogP contribution in [0.15, 0.2) is 60.8 Å². The van der Waals surface area contributed by atoms with E-state index in [1.807, 2.05) is 30.3 Å². The Morgan fingerprint density at radius 1 is 1.07 bits per heavy atom. The first-order chi connectivity index (χ1) is 14.0. The Morgan fingerprint density at radius 3 is 2.55 bits per heavy atom. The van der Waals surface area contributed by atoms with E-state index in [9.17, 15) is 9.59 Å². The van der Waals surface area contributed by atoms with Gasteiger partial charge in [-0.2, -0.15) is 5.10 Å². The Bertz CT molecular complexity index is 1070. The fraction of sp³-hybridized carbons (Fsp3) is 0.190. The number of benzene rings is 2. The molecule has 1 N–H and O–H groups in total. The molecule has 2 heterocycles. The number of nitrogens with zero attached hydrogens (tertiary/aromatic N) is 3. The Morgan fingerprint density at radius 2 is 1.79 bits per heavy atom. The van der Waals surface area contributed by atoms with Crippen molar-refractivity contribution in [3.8, 4) is 0 Å². The smallest absolute Gasteiger partial charge is 0.230 e. The molecule has 3 aromatic rings. The Kier molecular flexibility index (Phi) is 5.56. The van der Waals surface area contributed by atoms with Crippen molar-refractivity contribution < 1.29 is 9.59 Å². The van der Waals surface area contributed by atoms with Crippen LogP contribution in [0.4, 0.5) is 11.5 Å². The van der Waals surface area contributed by atoms with Gasteiger partial charge in [-0.1, -0.05) is 53.5 Å². The van der Waals surface area contributed by atoms with Gasteiger partial charge < -0.3 is 10.2 Å². The maximum absolute atomic E-state index is 12.8. The number of carbonyl (C=O) groups is 2. The summed E-state index contributed by atoms with van der Waals surface area (Å²) >= 11 is 12.4. The van der Waals surface area contributed by atoms with Crippen LogP contribution in [0.25, 0.3) is 0 Å². The van der Waals surface area contributed by atoms with Gasteiger partial charge in [-0.25, -0.2) is 4.68 Å². The van der Waals surface area contributed by atoms with Gasteiger partial charge in [-0.15, -0.1) is 0 Å². The molecule has 0 bridgehead atoms. The van der Waals surface area contributed by atoms with Crippen molar-refractivity contribution in [2.45, 2.75) is 13.0 Å². The molecule has 6 nitrogen and oxygen atoms in total. The van der Waals surface area contributed by atoms with Crippen molar-refractivity contribution in [1.82, 2.24) is 9.78 Å². The lowest BCUT2D eigenvalue weighted by molar-refractivity contribution is -0.122. The van der Waals surface area contributed by atoms with E-state index in [1.54, 1.807) is 40.0 Å². The summed E-state index contributed by atoms with van der Waals surface area (Å²) in [6.07, 6.45) is 1.75. The highest BCUT2D eigenvalue weighted by atomic mass is 35.5. The molecule has 0 saturated carbocycles. The van der Waals surface area contributed by atoms with E-state index < -0.39 is 5.92 Å². The molecule has 1 aliphatic rings. The number of amides is 2. The molecular weight excluding hydrogens is 411 g/mol. The molecule has 1 aliphatic heterocycles. The minimum absolute atomic E-state index is 0.122. The SMILES string of the molecule is O=C(Nc1ccnn1Cc1ccccc1Cl)C1CC(=O)N(c2ccccc2Cl)C1. The van der Waals surface area contributed by atoms with E-state index in [0.717, 1.165) is 5.56 Å². The highest BCUT2D eigenvalue weighted by Gasteiger charge is 2.36. The summed E-state index contributed by atoms with van der Waals surface area (Å²) in [5, 5.41) is 8.28. The first-order valence-corrected chi connectivity index (χ1v) is 9.89. The average Bonchev–Trinajstić information content (AvgIpc) is 3.30. The molecule has 29 heavy (non-hydrogen) atoms. The monoisotopic (exact) mass is 428 g/mol. The molecule has 1 saturated heterocycles. The van der Waals surface area contributed by atoms with E-state index in [4.69, 9.17) is 23.2 Å². The zero-order valence-corrected chi connectivity index (χ0v) is 16.9. The number of hydrogen-bond acceptors (Lipinski definition) is 3. The van der Waals surface area contributed by atoms with Gasteiger partial charge in [-0.05, 0) is 23.8 Å². The third-order valence-electron chi connectivity index (χ3n) is 4.88. The minimum Gasteiger partial charge on any atom is -0.311 e. The topological polar surface area (TPSA) is 67.2 Å². The van der Waals surface area contributed by atoms with Gasteiger partial charge in [0, 0.05) is 24.1 Å². The van der Waals surface area contributed by atoms with Crippen LogP contribution in [0, 0.1) is 5.92 Å². The molecule has 2 amide bonds. The molecule has 1 atom stereocenters. The van der Waals surface area contributed by atoms with E-state index in [0.29, 0.717) is 28.1 Å². The third-order valence-corrected chi connectivity index (χ3v) is 5.57. The lowest BCUT2D eigenvalue weighted by atomic mass is 10.1. The number of aromatic nitrogens is 2. The number of carbonyl (C=O) groups excluding carboxylic acids is 2. The number of para-hydroxylation sites is 1. The fourth-order valence-corrected chi connectivity index (χ4v) is 3.80. The Labute approximate surface area is 178 Å². The Balaban J connectivity index is 1.46. The van der Waals surface area contributed by atoms with Gasteiger partial charge in [-0.3, -0.25) is 9.59 Å². The predicted octanol–water partition coefficient (Wildman–Crippen LogP) is 4.23. The van der Waals surface area contributed by atoms with Crippen LogP contribution in [-0.4, -0.2) is 28.1 Å². The molecule has 1 fully saturated rings. The molecule has 0 radical (unpaired) electrons. The standard InChI is InChI=1S/C21H18Cl2N4O2/c22-16-6-2-1-5-14(16)13-27-19(9-10-24-27)25-21(29)15-11-20(28)26(12-15)18-8-4-3-7-17(18)23/h1-10,15H,11-13H2,(H,25,29). The quantitative estimate of drug-likeness (QED) is 0.660. The van der Waals surface area contributed by atoms with Crippen molar-refractivity contribution in [3.05, 3.63) is 76.4 Å². The summed E-state index contributed by atoms with van der Waals surface area (Å²) in [7, 11) is 0. The minimum atomic E-state index is -0.470. The van der Waals surface area contributed by atoms with Crippen LogP contribution < -0.4 is 10.2 Å². The van der Waals surface area contributed by atoms with Crippen LogP contribution in [0.2, 0.25) is 10.0 Å². The fourth-order valence-electron chi connectivity index (χ4n) is 3.37. The zero-order valence-electron chi connectivity index (χ0n) is 15.4. The highest BCUT2D eigenvalue weighted by Crippen LogP contribution is 2.31. The number of halogens is 2. The molecule has 4 rings (SSSR count). The average molecular weight is 429 g/mol. The number of hydrogen-bond donors (Lipinski definition) is 1. The van der Waals surface area contributed by atoms with Gasteiger partial charge in [0.2, 0.25) is 11.8 Å². The lowest BCUT2D eigenvalue weighted by Gasteiger charge is -2.18. The summed E-state index contributed by atoms with van der Waals surface area (Å²) in [5.74, 6) is -0.266. The number of anilines is 2. The summed E-state index contributed by atoms with van der Waals surface area (Å²) in [5.41, 5.74) is 1.52. The van der Waals surface area contributed by atoms with Crippen molar-refractivity contribution >= 4 is 46.5 Å². The lowest BCUT2D eigenvalue weighted by Crippen LogP contribution is -2.29. The molecule has 1 unspecified atom stereocenters. The van der Waals surface area contributed by atoms with Crippen molar-refractivity contribution in [2.24, 2.45) is 5.92 Å². The van der Waals surface area contributed by atoms with Gasteiger partial charge in [0.05, 0.1) is 29.4 Å². The first-order valence-electron chi connectivity index (χ1n) is 9.14. The molecule has 148 valence electrons. The van der Waals surface area contributed by atoms with Gasteiger partial charge in [0.15, 0.2) is 0 Å². The van der Waals surface area contributed by atoms with Crippen LogP contribution >= 0.6 is 23.2 Å². The second kappa shape index (κ2) is 8.27. The van der Waals surface area contributed by atoms with E-state index in [1.165, 1.54) is 0 Å². The van der Waals surface area contributed by atoms with Gasteiger partial charge in [0.25, 0.3) is 0 Å². The largest absolute Gasteiger partial charge is 0.311 e. The first kappa shape index (κ1) is 19.5. The predicted molar refractivity (Wildman–Crippen MR) is 113 cm³/mol. The van der Waals surface area contributed by atoms with Crippen LogP contribution in [0.1, 0.15) is 12.0 Å². The van der Waals surface area contributed by atoms with Crippen molar-refractivity contribution in [2.75, 3.05) is 16.8 Å². The van der Waals surface area contributed by atoms with E-state index in [2.05, 4.69) is 10.4 Å². The van der Waals surface area contributed by atoms with Crippen LogP contribution in [0.3, 0.4) is 0 Å². The Hall–Kier alpha value is -2.83. The number of rotatable bonds is 5. The number of nitrogens with one attached hydrogen (secondary N) is 1. The van der Waals surface area contributed by atoms with E-state index in [-0.39, 0.29) is 24.8 Å². The van der Waals surface area contributed by atoms with E-state index >= 15 is 0 Å². The van der Waals surface area contributed by atoms with Crippen molar-refractivity contribution in [3.63, 3.8) is 0 Å². The van der Waals surface area contributed by atoms with Gasteiger partial charge >= 0.3 is 0 Å². The molecule has 0 spiro atoms. The summed E-state index contributed by atoms with van der Waals surface area (Å²) in [6, 6.07) is 16.3. The van der Waals surface area contributed by atoms with Crippen LogP contribution in [0.5, 0.6) is 0 Å². The van der Waals surface area contributed by atoms with Crippen LogP contribution in [-0.2, 0) is 16.1 Å². The molecule has 1 aromatic heterocycles. The summed E-state index contributed by atoms with van der Waals surface area (Å²) in [4.78, 5) is 26.8. The maximum atomic E-state index is 12.8. The molecular formula is C21H18Cl2N4O2. The third kappa shape index (κ3) is 4.13. The molecule has 8 heteroatoms. The van der Waals surface area contributed by atoms with Gasteiger partial charge in [0.1, 0.15) is 5.82 Å². The highest BCUT2D eigenvalue weighted by molar-refractivity contribution is 6.34. The second-order valence-corrected chi connectivity index (χ2v) is 7.63. The van der Waals surface area contributed by atoms with Crippen molar-refractivity contribution in [1.29, 1.82) is 0 Å².